The normalized spacial score (nSPS) is 11.6. The van der Waals surface area contributed by atoms with E-state index >= 15 is 0 Å². The highest BCUT2D eigenvalue weighted by molar-refractivity contribution is 6.06. The molecule has 0 aliphatic rings. The van der Waals surface area contributed by atoms with E-state index in [4.69, 9.17) is 4.74 Å². The molecular formula is C23H19F2NO4. The van der Waals surface area contributed by atoms with Crippen molar-refractivity contribution in [3.8, 4) is 11.5 Å². The zero-order valence-electron chi connectivity index (χ0n) is 16.0. The van der Waals surface area contributed by atoms with Crippen LogP contribution >= 0.6 is 0 Å². The van der Waals surface area contributed by atoms with Crippen molar-refractivity contribution in [1.82, 2.24) is 0 Å². The standard InChI is InChI=1S/C23H19F2NO4/c1-15(21(27)16-11-13-18(14-12-16)30-23(24)25)29-20-10-6-5-9-19(20)22(28)26-17-7-3-2-4-8-17/h2-15,23H,1H3,(H,26,28)/t15-/m1/s1. The number of nitrogens with one attached hydrogen (secondary N) is 1. The number of ketones is 1. The van der Waals surface area contributed by atoms with Gasteiger partial charge in [0.15, 0.2) is 6.10 Å². The van der Waals surface area contributed by atoms with Crippen LogP contribution in [0.4, 0.5) is 14.5 Å². The minimum Gasteiger partial charge on any atom is -0.482 e. The van der Waals surface area contributed by atoms with Crippen molar-refractivity contribution in [2.75, 3.05) is 5.32 Å². The van der Waals surface area contributed by atoms with Crippen LogP contribution in [0.2, 0.25) is 0 Å². The van der Waals surface area contributed by atoms with Gasteiger partial charge >= 0.3 is 6.61 Å². The molecule has 0 aromatic heterocycles. The second-order valence-corrected chi connectivity index (χ2v) is 6.34. The van der Waals surface area contributed by atoms with Crippen LogP contribution in [0.15, 0.2) is 78.9 Å². The highest BCUT2D eigenvalue weighted by Gasteiger charge is 2.20. The van der Waals surface area contributed by atoms with Gasteiger partial charge in [-0.15, -0.1) is 0 Å². The lowest BCUT2D eigenvalue weighted by Gasteiger charge is -2.17. The van der Waals surface area contributed by atoms with E-state index in [0.29, 0.717) is 5.69 Å². The van der Waals surface area contributed by atoms with Crippen LogP contribution in [-0.4, -0.2) is 24.4 Å². The molecule has 1 amide bonds. The highest BCUT2D eigenvalue weighted by Crippen LogP contribution is 2.23. The van der Waals surface area contributed by atoms with Crippen molar-refractivity contribution in [1.29, 1.82) is 0 Å². The summed E-state index contributed by atoms with van der Waals surface area (Å²) in [6, 6.07) is 20.9. The van der Waals surface area contributed by atoms with Crippen LogP contribution in [0.3, 0.4) is 0 Å². The Hall–Kier alpha value is -3.74. The van der Waals surface area contributed by atoms with Gasteiger partial charge in [-0.3, -0.25) is 9.59 Å². The lowest BCUT2D eigenvalue weighted by Crippen LogP contribution is -2.25. The highest BCUT2D eigenvalue weighted by atomic mass is 19.3. The van der Waals surface area contributed by atoms with E-state index in [1.807, 2.05) is 6.07 Å². The Morgan fingerprint density at radius 1 is 0.833 bits per heavy atom. The number of Topliss-reactive ketones (excluding diaryl/α,β-unsaturated/α-hetero) is 1. The molecule has 0 saturated carbocycles. The van der Waals surface area contributed by atoms with E-state index in [9.17, 15) is 18.4 Å². The molecule has 1 N–H and O–H groups in total. The van der Waals surface area contributed by atoms with Gasteiger partial charge in [0.1, 0.15) is 11.5 Å². The summed E-state index contributed by atoms with van der Waals surface area (Å²) in [5.74, 6) is -0.524. The first-order chi connectivity index (χ1) is 14.4. The van der Waals surface area contributed by atoms with E-state index in [0.717, 1.165) is 0 Å². The average Bonchev–Trinajstić information content (AvgIpc) is 2.74. The van der Waals surface area contributed by atoms with Crippen molar-refractivity contribution < 1.29 is 27.8 Å². The number of para-hydroxylation sites is 2. The Balaban J connectivity index is 1.71. The SMILES string of the molecule is C[C@@H](Oc1ccccc1C(=O)Nc1ccccc1)C(=O)c1ccc(OC(F)F)cc1. The van der Waals surface area contributed by atoms with Gasteiger partial charge in [0.05, 0.1) is 5.56 Å². The van der Waals surface area contributed by atoms with Crippen LogP contribution in [0.1, 0.15) is 27.6 Å². The molecule has 3 aromatic rings. The number of halogens is 2. The van der Waals surface area contributed by atoms with E-state index in [1.54, 1.807) is 55.5 Å². The van der Waals surface area contributed by atoms with Crippen LogP contribution < -0.4 is 14.8 Å². The fourth-order valence-electron chi connectivity index (χ4n) is 2.76. The summed E-state index contributed by atoms with van der Waals surface area (Å²) in [4.78, 5) is 25.3. The Morgan fingerprint density at radius 3 is 2.13 bits per heavy atom. The Kier molecular flexibility index (Phi) is 6.75. The molecule has 3 aromatic carbocycles. The van der Waals surface area contributed by atoms with Crippen LogP contribution in [0, 0.1) is 0 Å². The van der Waals surface area contributed by atoms with Crippen molar-refractivity contribution in [3.63, 3.8) is 0 Å². The molecule has 0 saturated heterocycles. The molecular weight excluding hydrogens is 392 g/mol. The van der Waals surface area contributed by atoms with Gasteiger partial charge in [0.2, 0.25) is 5.78 Å². The molecule has 3 rings (SSSR count). The number of amides is 1. The number of hydrogen-bond acceptors (Lipinski definition) is 4. The number of alkyl halides is 2. The van der Waals surface area contributed by atoms with Crippen molar-refractivity contribution in [2.24, 2.45) is 0 Å². The molecule has 154 valence electrons. The van der Waals surface area contributed by atoms with Gasteiger partial charge in [-0.25, -0.2) is 0 Å². The third kappa shape index (κ3) is 5.41. The van der Waals surface area contributed by atoms with E-state index in [-0.39, 0.29) is 34.3 Å². The quantitative estimate of drug-likeness (QED) is 0.518. The molecule has 0 unspecified atom stereocenters. The lowest BCUT2D eigenvalue weighted by molar-refractivity contribution is -0.0498. The zero-order chi connectivity index (χ0) is 21.5. The van der Waals surface area contributed by atoms with E-state index < -0.39 is 12.7 Å². The fourth-order valence-corrected chi connectivity index (χ4v) is 2.76. The second-order valence-electron chi connectivity index (χ2n) is 6.34. The Labute approximate surface area is 172 Å². The summed E-state index contributed by atoms with van der Waals surface area (Å²) < 4.78 is 34.5. The van der Waals surface area contributed by atoms with Gasteiger partial charge in [-0.05, 0) is 55.5 Å². The fraction of sp³-hybridized carbons (Fsp3) is 0.130. The van der Waals surface area contributed by atoms with E-state index in [1.165, 1.54) is 24.3 Å². The molecule has 0 spiro atoms. The van der Waals surface area contributed by atoms with Crippen LogP contribution in [0.5, 0.6) is 11.5 Å². The second kappa shape index (κ2) is 9.65. The topological polar surface area (TPSA) is 64.6 Å². The number of carbonyl (C=O) groups excluding carboxylic acids is 2. The summed E-state index contributed by atoms with van der Waals surface area (Å²) in [7, 11) is 0. The molecule has 0 aliphatic carbocycles. The maximum Gasteiger partial charge on any atom is 0.387 e. The van der Waals surface area contributed by atoms with Gasteiger partial charge in [0.25, 0.3) is 5.91 Å². The molecule has 0 radical (unpaired) electrons. The lowest BCUT2D eigenvalue weighted by atomic mass is 10.1. The monoisotopic (exact) mass is 411 g/mol. The summed E-state index contributed by atoms with van der Waals surface area (Å²) >= 11 is 0. The molecule has 5 nitrogen and oxygen atoms in total. The molecule has 7 heteroatoms. The number of hydrogen-bond donors (Lipinski definition) is 1. The number of ether oxygens (including phenoxy) is 2. The van der Waals surface area contributed by atoms with Gasteiger partial charge in [0, 0.05) is 11.3 Å². The molecule has 0 heterocycles. The molecule has 30 heavy (non-hydrogen) atoms. The molecule has 1 atom stereocenters. The number of anilines is 1. The van der Waals surface area contributed by atoms with Crippen molar-refractivity contribution in [3.05, 3.63) is 90.0 Å². The minimum atomic E-state index is -2.94. The third-order valence-corrected chi connectivity index (χ3v) is 4.20. The third-order valence-electron chi connectivity index (χ3n) is 4.20. The van der Waals surface area contributed by atoms with Crippen molar-refractivity contribution >= 4 is 17.4 Å². The summed E-state index contributed by atoms with van der Waals surface area (Å²) in [6.07, 6.45) is -0.905. The first kappa shape index (κ1) is 21.0. The molecule has 0 aliphatic heterocycles. The first-order valence-electron chi connectivity index (χ1n) is 9.15. The summed E-state index contributed by atoms with van der Waals surface area (Å²) in [6.45, 7) is -1.38. The summed E-state index contributed by atoms with van der Waals surface area (Å²) in [5.41, 5.74) is 1.18. The average molecular weight is 411 g/mol. The predicted octanol–water partition coefficient (Wildman–Crippen LogP) is 5.19. The van der Waals surface area contributed by atoms with Gasteiger partial charge in [-0.2, -0.15) is 8.78 Å². The number of carbonyl (C=O) groups is 2. The van der Waals surface area contributed by atoms with Gasteiger partial charge in [-0.1, -0.05) is 30.3 Å². The Morgan fingerprint density at radius 2 is 1.47 bits per heavy atom. The zero-order valence-corrected chi connectivity index (χ0v) is 16.0. The maximum atomic E-state index is 12.6. The molecule has 0 fully saturated rings. The molecule has 0 bridgehead atoms. The largest absolute Gasteiger partial charge is 0.482 e. The Bertz CT molecular complexity index is 1010. The van der Waals surface area contributed by atoms with Gasteiger partial charge < -0.3 is 14.8 Å². The maximum absolute atomic E-state index is 12.6. The number of rotatable bonds is 8. The van der Waals surface area contributed by atoms with E-state index in [2.05, 4.69) is 10.1 Å². The van der Waals surface area contributed by atoms with Crippen LogP contribution in [-0.2, 0) is 0 Å². The summed E-state index contributed by atoms with van der Waals surface area (Å²) in [5, 5.41) is 2.78. The van der Waals surface area contributed by atoms with Crippen molar-refractivity contribution in [2.45, 2.75) is 19.6 Å². The predicted molar refractivity (Wildman–Crippen MR) is 108 cm³/mol. The number of benzene rings is 3. The smallest absolute Gasteiger partial charge is 0.387 e. The first-order valence-corrected chi connectivity index (χ1v) is 9.15. The minimum absolute atomic E-state index is 0.0435. The van der Waals surface area contributed by atoms with Crippen LogP contribution in [0.25, 0.3) is 0 Å².